The van der Waals surface area contributed by atoms with Gasteiger partial charge in [0.2, 0.25) is 11.8 Å². The van der Waals surface area contributed by atoms with Crippen molar-refractivity contribution in [2.45, 2.75) is 38.2 Å². The molecule has 4 nitrogen and oxygen atoms in total. The number of pyridine rings is 1. The molecule has 1 atom stereocenters. The minimum absolute atomic E-state index is 0.0807. The van der Waals surface area contributed by atoms with Crippen molar-refractivity contribution in [1.29, 1.82) is 0 Å². The first-order chi connectivity index (χ1) is 16.5. The van der Waals surface area contributed by atoms with E-state index < -0.39 is 47.3 Å². The molecule has 10 heteroatoms. The van der Waals surface area contributed by atoms with Gasteiger partial charge in [-0.25, -0.2) is 26.9 Å². The Labute approximate surface area is 206 Å². The van der Waals surface area contributed by atoms with Gasteiger partial charge in [0.1, 0.15) is 17.5 Å². The van der Waals surface area contributed by atoms with Gasteiger partial charge in [0.15, 0.2) is 0 Å². The molecule has 3 aromatic rings. The maximum absolute atomic E-state index is 14.7. The summed E-state index contributed by atoms with van der Waals surface area (Å²) in [5, 5.41) is 0. The van der Waals surface area contributed by atoms with E-state index in [0.29, 0.717) is 6.92 Å². The molecule has 0 spiro atoms. The number of nitrogens with zero attached hydrogens (tertiary/aromatic N) is 2. The van der Waals surface area contributed by atoms with E-state index in [0.717, 1.165) is 23.1 Å². The summed E-state index contributed by atoms with van der Waals surface area (Å²) in [6.07, 6.45) is 1.43. The summed E-state index contributed by atoms with van der Waals surface area (Å²) in [5.74, 6) is -7.57. The van der Waals surface area contributed by atoms with Crippen molar-refractivity contribution in [3.8, 4) is 5.88 Å². The van der Waals surface area contributed by atoms with E-state index in [-0.39, 0.29) is 45.6 Å². The van der Waals surface area contributed by atoms with Crippen LogP contribution in [-0.4, -0.2) is 18.0 Å². The standard InChI is InChI=1S/C25H20BrF5N2O2/c1-25(30,31)18-8-13(11-32-23(18)35-2)15-6-7-16-19(27)4-3-5-22(16)33(24(15)34)12-17-20(28)9-14(26)10-21(17)29/h3-5,8-11,15H,6-7,12H2,1-2H3/t15-/m1/s1. The zero-order valence-electron chi connectivity index (χ0n) is 18.7. The first kappa shape index (κ1) is 25.1. The highest BCUT2D eigenvalue weighted by molar-refractivity contribution is 9.10. The van der Waals surface area contributed by atoms with Gasteiger partial charge in [-0.1, -0.05) is 22.0 Å². The summed E-state index contributed by atoms with van der Waals surface area (Å²) in [5.41, 5.74) is -0.353. The van der Waals surface area contributed by atoms with E-state index in [1.54, 1.807) is 0 Å². The Morgan fingerprint density at radius 3 is 2.46 bits per heavy atom. The summed E-state index contributed by atoms with van der Waals surface area (Å²) < 4.78 is 77.6. The van der Waals surface area contributed by atoms with Crippen LogP contribution in [0.3, 0.4) is 0 Å². The number of carbonyl (C=O) groups excluding carboxylic acids is 1. The zero-order chi connectivity index (χ0) is 25.5. The smallest absolute Gasteiger partial charge is 0.275 e. The Bertz CT molecular complexity index is 1270. The lowest BCUT2D eigenvalue weighted by Crippen LogP contribution is -2.35. The Morgan fingerprint density at radius 1 is 1.14 bits per heavy atom. The van der Waals surface area contributed by atoms with Gasteiger partial charge in [-0.2, -0.15) is 0 Å². The molecule has 2 heterocycles. The van der Waals surface area contributed by atoms with E-state index >= 15 is 0 Å². The Hall–Kier alpha value is -3.01. The first-order valence-corrected chi connectivity index (χ1v) is 11.4. The SMILES string of the molecule is COc1ncc([C@H]2CCc3c(F)cccc3N(Cc3c(F)cc(Br)cc3F)C2=O)cc1C(C)(F)F. The van der Waals surface area contributed by atoms with Gasteiger partial charge in [-0.05, 0) is 48.7 Å². The number of hydrogen-bond acceptors (Lipinski definition) is 3. The molecule has 4 rings (SSSR count). The number of amides is 1. The predicted molar refractivity (Wildman–Crippen MR) is 123 cm³/mol. The molecule has 0 saturated heterocycles. The number of halogens is 6. The third-order valence-electron chi connectivity index (χ3n) is 6.00. The second kappa shape index (κ2) is 9.56. The summed E-state index contributed by atoms with van der Waals surface area (Å²) in [4.78, 5) is 18.8. The zero-order valence-corrected chi connectivity index (χ0v) is 20.3. The molecule has 0 N–H and O–H groups in total. The number of anilines is 1. The summed E-state index contributed by atoms with van der Waals surface area (Å²) in [6.45, 7) is 0.166. The number of aromatic nitrogens is 1. The lowest BCUT2D eigenvalue weighted by molar-refractivity contribution is -0.120. The largest absolute Gasteiger partial charge is 0.481 e. The molecule has 35 heavy (non-hydrogen) atoms. The number of alkyl halides is 2. The summed E-state index contributed by atoms with van der Waals surface area (Å²) in [7, 11) is 1.20. The van der Waals surface area contributed by atoms with Crippen molar-refractivity contribution in [2.75, 3.05) is 12.0 Å². The van der Waals surface area contributed by atoms with Crippen LogP contribution in [0, 0.1) is 17.5 Å². The monoisotopic (exact) mass is 554 g/mol. The highest BCUT2D eigenvalue weighted by Crippen LogP contribution is 2.40. The van der Waals surface area contributed by atoms with Gasteiger partial charge in [-0.3, -0.25) is 4.79 Å². The Balaban J connectivity index is 1.83. The lowest BCUT2D eigenvalue weighted by atomic mass is 9.92. The van der Waals surface area contributed by atoms with Crippen LogP contribution < -0.4 is 9.64 Å². The van der Waals surface area contributed by atoms with Crippen LogP contribution in [0.1, 0.15) is 41.5 Å². The predicted octanol–water partition coefficient (Wildman–Crippen LogP) is 6.64. The van der Waals surface area contributed by atoms with E-state index in [2.05, 4.69) is 20.9 Å². The van der Waals surface area contributed by atoms with E-state index in [9.17, 15) is 26.7 Å². The number of hydrogen-bond donors (Lipinski definition) is 0. The highest BCUT2D eigenvalue weighted by Gasteiger charge is 2.36. The van der Waals surface area contributed by atoms with Crippen LogP contribution in [0.5, 0.6) is 5.88 Å². The van der Waals surface area contributed by atoms with Crippen molar-refractivity contribution in [1.82, 2.24) is 4.98 Å². The van der Waals surface area contributed by atoms with Crippen LogP contribution in [0.15, 0.2) is 47.1 Å². The van der Waals surface area contributed by atoms with Gasteiger partial charge in [0.05, 0.1) is 30.8 Å². The fourth-order valence-electron chi connectivity index (χ4n) is 4.26. The molecule has 0 fully saturated rings. The third-order valence-corrected chi connectivity index (χ3v) is 6.45. The topological polar surface area (TPSA) is 42.4 Å². The number of carbonyl (C=O) groups is 1. The Morgan fingerprint density at radius 2 is 1.83 bits per heavy atom. The summed E-state index contributed by atoms with van der Waals surface area (Å²) >= 11 is 3.02. The van der Waals surface area contributed by atoms with Crippen molar-refractivity contribution in [3.63, 3.8) is 0 Å². The first-order valence-electron chi connectivity index (χ1n) is 10.7. The number of ether oxygens (including phenoxy) is 1. The van der Waals surface area contributed by atoms with E-state index in [4.69, 9.17) is 4.74 Å². The number of fused-ring (bicyclic) bond motifs is 1. The van der Waals surface area contributed by atoms with E-state index in [1.807, 2.05) is 0 Å². The molecule has 184 valence electrons. The average Bonchev–Trinajstić information content (AvgIpc) is 2.92. The molecule has 0 bridgehead atoms. The maximum atomic E-state index is 14.7. The van der Waals surface area contributed by atoms with Crippen LogP contribution in [-0.2, 0) is 23.7 Å². The second-order valence-electron chi connectivity index (χ2n) is 8.32. The fourth-order valence-corrected chi connectivity index (χ4v) is 4.66. The maximum Gasteiger partial charge on any atom is 0.275 e. The van der Waals surface area contributed by atoms with Crippen LogP contribution in [0.25, 0.3) is 0 Å². The van der Waals surface area contributed by atoms with Gasteiger partial charge in [0, 0.05) is 28.7 Å². The molecule has 1 amide bonds. The van der Waals surface area contributed by atoms with Gasteiger partial charge in [-0.15, -0.1) is 0 Å². The third kappa shape index (κ3) is 4.89. The minimum atomic E-state index is -3.30. The van der Waals surface area contributed by atoms with Crippen molar-refractivity contribution in [3.05, 3.63) is 86.8 Å². The molecule has 0 unspecified atom stereocenters. The molecular weight excluding hydrogens is 535 g/mol. The molecule has 0 radical (unpaired) electrons. The number of methoxy groups -OCH3 is 1. The number of benzene rings is 2. The van der Waals surface area contributed by atoms with Gasteiger partial charge in [0.25, 0.3) is 5.92 Å². The van der Waals surface area contributed by atoms with Crippen LogP contribution >= 0.6 is 15.9 Å². The Kier molecular flexibility index (Phi) is 6.86. The van der Waals surface area contributed by atoms with Gasteiger partial charge < -0.3 is 9.64 Å². The van der Waals surface area contributed by atoms with Crippen molar-refractivity contribution >= 4 is 27.5 Å². The molecule has 1 aliphatic rings. The lowest BCUT2D eigenvalue weighted by Gasteiger charge is -2.27. The molecule has 2 aromatic carbocycles. The molecular formula is C25H20BrF5N2O2. The highest BCUT2D eigenvalue weighted by atomic mass is 79.9. The molecule has 0 saturated carbocycles. The molecule has 0 aliphatic carbocycles. The van der Waals surface area contributed by atoms with Crippen molar-refractivity contribution in [2.24, 2.45) is 0 Å². The van der Waals surface area contributed by atoms with Crippen molar-refractivity contribution < 1.29 is 31.5 Å². The quantitative estimate of drug-likeness (QED) is 0.332. The summed E-state index contributed by atoms with van der Waals surface area (Å²) in [6, 6.07) is 7.38. The van der Waals surface area contributed by atoms with Crippen LogP contribution in [0.4, 0.5) is 27.6 Å². The molecule has 1 aromatic heterocycles. The normalized spacial score (nSPS) is 16.2. The minimum Gasteiger partial charge on any atom is -0.481 e. The van der Waals surface area contributed by atoms with Gasteiger partial charge >= 0.3 is 0 Å². The average molecular weight is 555 g/mol. The fraction of sp³-hybridized carbons (Fsp3) is 0.280. The molecule has 1 aliphatic heterocycles. The van der Waals surface area contributed by atoms with E-state index in [1.165, 1.54) is 31.5 Å². The second-order valence-corrected chi connectivity index (χ2v) is 9.23. The van der Waals surface area contributed by atoms with Crippen LogP contribution in [0.2, 0.25) is 0 Å². The number of rotatable bonds is 5.